The highest BCUT2D eigenvalue weighted by atomic mass is 16.6. The van der Waals surface area contributed by atoms with Crippen molar-refractivity contribution in [2.45, 2.75) is 13.8 Å². The molecule has 0 aliphatic carbocycles. The van der Waals surface area contributed by atoms with Crippen molar-refractivity contribution in [3.05, 3.63) is 45.5 Å². The number of carbonyl (C=O) groups is 1. The van der Waals surface area contributed by atoms with Crippen LogP contribution in [0.3, 0.4) is 0 Å². The van der Waals surface area contributed by atoms with Crippen LogP contribution in [0.2, 0.25) is 0 Å². The number of benzene rings is 1. The van der Waals surface area contributed by atoms with E-state index in [9.17, 15) is 14.9 Å². The Morgan fingerprint density at radius 2 is 2.24 bits per heavy atom. The fourth-order valence-electron chi connectivity index (χ4n) is 1.28. The van der Waals surface area contributed by atoms with Gasteiger partial charge < -0.3 is 4.74 Å². The molecular weight excluding hydrogens is 222 g/mol. The lowest BCUT2D eigenvalue weighted by molar-refractivity contribution is -0.385. The number of nitro benzene ring substituents is 1. The molecular formula is C12H13NO4. The number of hydrogen-bond donors (Lipinski definition) is 0. The van der Waals surface area contributed by atoms with Gasteiger partial charge in [0, 0.05) is 17.7 Å². The molecule has 0 fully saturated rings. The molecule has 1 aromatic rings. The van der Waals surface area contributed by atoms with E-state index in [0.717, 1.165) is 0 Å². The average molecular weight is 235 g/mol. The fraction of sp³-hybridized carbons (Fsp3) is 0.250. The van der Waals surface area contributed by atoms with Crippen molar-refractivity contribution in [2.24, 2.45) is 0 Å². The standard InChI is InChI=1S/C12H13NO4/c1-3-17-12(14)7-6-10-5-4-9(2)11(8-10)13(15)16/h4-8H,3H2,1-2H3/b7-6+. The maximum Gasteiger partial charge on any atom is 0.330 e. The summed E-state index contributed by atoms with van der Waals surface area (Å²) in [6.07, 6.45) is 2.74. The van der Waals surface area contributed by atoms with Crippen LogP contribution in [0.25, 0.3) is 6.08 Å². The molecule has 0 saturated heterocycles. The quantitative estimate of drug-likeness (QED) is 0.348. The van der Waals surface area contributed by atoms with Crippen LogP contribution in [-0.2, 0) is 9.53 Å². The molecule has 0 saturated carbocycles. The summed E-state index contributed by atoms with van der Waals surface area (Å²) < 4.78 is 4.71. The molecule has 0 spiro atoms. The largest absolute Gasteiger partial charge is 0.463 e. The van der Waals surface area contributed by atoms with Gasteiger partial charge in [0.1, 0.15) is 0 Å². The topological polar surface area (TPSA) is 69.4 Å². The molecule has 0 aromatic heterocycles. The van der Waals surface area contributed by atoms with Gasteiger partial charge in [-0.1, -0.05) is 12.1 Å². The summed E-state index contributed by atoms with van der Waals surface area (Å²) in [4.78, 5) is 21.3. The van der Waals surface area contributed by atoms with Crippen LogP contribution >= 0.6 is 0 Å². The van der Waals surface area contributed by atoms with E-state index < -0.39 is 10.9 Å². The van der Waals surface area contributed by atoms with E-state index >= 15 is 0 Å². The first-order valence-corrected chi connectivity index (χ1v) is 5.14. The number of hydrogen-bond acceptors (Lipinski definition) is 4. The van der Waals surface area contributed by atoms with Gasteiger partial charge in [-0.25, -0.2) is 4.79 Å². The van der Waals surface area contributed by atoms with Crippen LogP contribution in [-0.4, -0.2) is 17.5 Å². The van der Waals surface area contributed by atoms with Gasteiger partial charge in [-0.05, 0) is 25.5 Å². The Labute approximate surface area is 98.9 Å². The Balaban J connectivity index is 2.89. The van der Waals surface area contributed by atoms with Crippen LogP contribution in [0.5, 0.6) is 0 Å². The van der Waals surface area contributed by atoms with E-state index in [2.05, 4.69) is 0 Å². The van der Waals surface area contributed by atoms with Crippen molar-refractivity contribution in [2.75, 3.05) is 6.61 Å². The number of nitro groups is 1. The number of ether oxygens (including phenoxy) is 1. The van der Waals surface area contributed by atoms with E-state index in [0.29, 0.717) is 17.7 Å². The molecule has 0 heterocycles. The molecule has 90 valence electrons. The van der Waals surface area contributed by atoms with Gasteiger partial charge in [-0.15, -0.1) is 0 Å². The molecule has 0 radical (unpaired) electrons. The zero-order chi connectivity index (χ0) is 12.8. The van der Waals surface area contributed by atoms with Crippen LogP contribution in [0.1, 0.15) is 18.1 Å². The third kappa shape index (κ3) is 3.71. The maximum atomic E-state index is 11.1. The summed E-state index contributed by atoms with van der Waals surface area (Å²) >= 11 is 0. The highest BCUT2D eigenvalue weighted by Gasteiger charge is 2.09. The van der Waals surface area contributed by atoms with Crippen molar-refractivity contribution < 1.29 is 14.5 Å². The summed E-state index contributed by atoms with van der Waals surface area (Å²) in [6.45, 7) is 3.68. The lowest BCUT2D eigenvalue weighted by atomic mass is 10.1. The van der Waals surface area contributed by atoms with E-state index in [1.165, 1.54) is 18.2 Å². The molecule has 0 amide bonds. The summed E-state index contributed by atoms with van der Waals surface area (Å²) in [5.41, 5.74) is 1.22. The molecule has 0 N–H and O–H groups in total. The minimum Gasteiger partial charge on any atom is -0.463 e. The van der Waals surface area contributed by atoms with Crippen molar-refractivity contribution in [3.63, 3.8) is 0 Å². The van der Waals surface area contributed by atoms with E-state index in [4.69, 9.17) is 4.74 Å². The number of rotatable bonds is 4. The average Bonchev–Trinajstić information content (AvgIpc) is 2.28. The van der Waals surface area contributed by atoms with E-state index in [1.54, 1.807) is 26.0 Å². The first kappa shape index (κ1) is 12.9. The highest BCUT2D eigenvalue weighted by molar-refractivity contribution is 5.87. The monoisotopic (exact) mass is 235 g/mol. The number of esters is 1. The molecule has 5 heteroatoms. The second kappa shape index (κ2) is 5.79. The van der Waals surface area contributed by atoms with E-state index in [-0.39, 0.29) is 5.69 Å². The summed E-state index contributed by atoms with van der Waals surface area (Å²) in [6, 6.07) is 4.77. The Bertz CT molecular complexity index is 466. The van der Waals surface area contributed by atoms with Gasteiger partial charge in [0.25, 0.3) is 5.69 Å². The van der Waals surface area contributed by atoms with Crippen molar-refractivity contribution in [1.82, 2.24) is 0 Å². The lowest BCUT2D eigenvalue weighted by Crippen LogP contribution is -1.98. The molecule has 1 rings (SSSR count). The van der Waals surface area contributed by atoms with Gasteiger partial charge in [-0.2, -0.15) is 0 Å². The fourth-order valence-corrected chi connectivity index (χ4v) is 1.28. The first-order chi connectivity index (χ1) is 8.04. The molecule has 0 aliphatic rings. The SMILES string of the molecule is CCOC(=O)/C=C/c1ccc(C)c([N+](=O)[O-])c1. The summed E-state index contributed by atoms with van der Waals surface area (Å²) in [7, 11) is 0. The normalized spacial score (nSPS) is 10.5. The molecule has 1 aromatic carbocycles. The minimum atomic E-state index is -0.462. The Morgan fingerprint density at radius 3 is 2.82 bits per heavy atom. The summed E-state index contributed by atoms with van der Waals surface area (Å²) in [5.74, 6) is -0.462. The minimum absolute atomic E-state index is 0.0380. The zero-order valence-electron chi connectivity index (χ0n) is 9.67. The predicted octanol–water partition coefficient (Wildman–Crippen LogP) is 2.48. The first-order valence-electron chi connectivity index (χ1n) is 5.14. The molecule has 0 bridgehead atoms. The van der Waals surface area contributed by atoms with Crippen LogP contribution < -0.4 is 0 Å². The van der Waals surface area contributed by atoms with Crippen LogP contribution in [0.4, 0.5) is 5.69 Å². The van der Waals surface area contributed by atoms with Crippen LogP contribution in [0.15, 0.2) is 24.3 Å². The molecule has 5 nitrogen and oxygen atoms in total. The van der Waals surface area contributed by atoms with Crippen molar-refractivity contribution >= 4 is 17.7 Å². The van der Waals surface area contributed by atoms with Crippen molar-refractivity contribution in [1.29, 1.82) is 0 Å². The molecule has 0 aliphatic heterocycles. The highest BCUT2D eigenvalue weighted by Crippen LogP contribution is 2.19. The van der Waals surface area contributed by atoms with Crippen molar-refractivity contribution in [3.8, 4) is 0 Å². The zero-order valence-corrected chi connectivity index (χ0v) is 9.67. The Kier molecular flexibility index (Phi) is 4.39. The van der Waals surface area contributed by atoms with Gasteiger partial charge in [0.15, 0.2) is 0 Å². The van der Waals surface area contributed by atoms with Gasteiger partial charge in [-0.3, -0.25) is 10.1 Å². The third-order valence-corrected chi connectivity index (χ3v) is 2.13. The third-order valence-electron chi connectivity index (χ3n) is 2.13. The number of nitrogens with zero attached hydrogens (tertiary/aromatic N) is 1. The number of carbonyl (C=O) groups excluding carboxylic acids is 1. The van der Waals surface area contributed by atoms with Gasteiger partial charge >= 0.3 is 5.97 Å². The predicted molar refractivity (Wildman–Crippen MR) is 63.5 cm³/mol. The molecule has 0 atom stereocenters. The van der Waals surface area contributed by atoms with E-state index in [1.807, 2.05) is 0 Å². The smallest absolute Gasteiger partial charge is 0.330 e. The second-order valence-electron chi connectivity index (χ2n) is 3.39. The lowest BCUT2D eigenvalue weighted by Gasteiger charge is -1.99. The number of aryl methyl sites for hydroxylation is 1. The van der Waals surface area contributed by atoms with Gasteiger partial charge in [0.05, 0.1) is 11.5 Å². The summed E-state index contributed by atoms with van der Waals surface area (Å²) in [5, 5.41) is 10.7. The van der Waals surface area contributed by atoms with Crippen LogP contribution in [0, 0.1) is 17.0 Å². The Hall–Kier alpha value is -2.17. The Morgan fingerprint density at radius 1 is 1.53 bits per heavy atom. The second-order valence-corrected chi connectivity index (χ2v) is 3.39. The van der Waals surface area contributed by atoms with Gasteiger partial charge in [0.2, 0.25) is 0 Å². The molecule has 17 heavy (non-hydrogen) atoms. The molecule has 0 unspecified atom stereocenters. The maximum absolute atomic E-state index is 11.1.